The molecule has 106 valence electrons. The molecule has 1 aliphatic rings. The van der Waals surface area contributed by atoms with Crippen LogP contribution in [0.1, 0.15) is 32.6 Å². The van der Waals surface area contributed by atoms with Crippen LogP contribution in [0.5, 0.6) is 0 Å². The Kier molecular flexibility index (Phi) is 5.39. The van der Waals surface area contributed by atoms with Crippen LogP contribution in [0.4, 0.5) is 11.8 Å². The van der Waals surface area contributed by atoms with Crippen molar-refractivity contribution in [1.29, 1.82) is 0 Å². The van der Waals surface area contributed by atoms with Crippen molar-refractivity contribution < 1.29 is 4.74 Å². The number of nitrogens with one attached hydrogen (secondary N) is 2. The molecule has 0 aromatic carbocycles. The van der Waals surface area contributed by atoms with Gasteiger partial charge in [0.1, 0.15) is 5.82 Å². The van der Waals surface area contributed by atoms with Crippen LogP contribution in [-0.4, -0.2) is 35.8 Å². The third kappa shape index (κ3) is 3.79. The van der Waals surface area contributed by atoms with E-state index in [9.17, 15) is 0 Å². The van der Waals surface area contributed by atoms with Gasteiger partial charge < -0.3 is 15.4 Å². The maximum atomic E-state index is 5.49. The van der Waals surface area contributed by atoms with Gasteiger partial charge in [-0.2, -0.15) is 4.98 Å². The molecule has 2 N–H and O–H groups in total. The van der Waals surface area contributed by atoms with Crippen molar-refractivity contribution in [3.05, 3.63) is 10.7 Å². The number of rotatable bonds is 6. The lowest BCUT2D eigenvalue weighted by Gasteiger charge is -2.21. The Labute approximate surface area is 122 Å². The van der Waals surface area contributed by atoms with Crippen molar-refractivity contribution in [2.45, 2.75) is 44.8 Å². The molecule has 0 amide bonds. The molecule has 2 atom stereocenters. The fourth-order valence-electron chi connectivity index (χ4n) is 2.34. The standard InChI is InChI=1S/C13H21BrN4O/c1-3-7-15-13-16-8-9(14)12(18-13)17-10-5-4-6-11(10)19-2/h8,10-11H,3-7H2,1-2H3,(H2,15,16,17,18). The van der Waals surface area contributed by atoms with Gasteiger partial charge in [-0.25, -0.2) is 4.98 Å². The zero-order valence-electron chi connectivity index (χ0n) is 11.4. The Morgan fingerprint density at radius 1 is 1.47 bits per heavy atom. The first kappa shape index (κ1) is 14.5. The summed E-state index contributed by atoms with van der Waals surface area (Å²) in [6.07, 6.45) is 6.53. The Morgan fingerprint density at radius 2 is 2.32 bits per heavy atom. The molecule has 1 aliphatic carbocycles. The summed E-state index contributed by atoms with van der Waals surface area (Å²) in [7, 11) is 1.77. The van der Waals surface area contributed by atoms with Crippen LogP contribution < -0.4 is 10.6 Å². The zero-order chi connectivity index (χ0) is 13.7. The van der Waals surface area contributed by atoms with Gasteiger partial charge in [-0.3, -0.25) is 0 Å². The molecule has 0 radical (unpaired) electrons. The van der Waals surface area contributed by atoms with Gasteiger partial charge in [0.25, 0.3) is 0 Å². The van der Waals surface area contributed by atoms with Crippen molar-refractivity contribution in [3.63, 3.8) is 0 Å². The number of hydrogen-bond donors (Lipinski definition) is 2. The number of nitrogens with zero attached hydrogens (tertiary/aromatic N) is 2. The summed E-state index contributed by atoms with van der Waals surface area (Å²) in [6, 6.07) is 0.329. The molecule has 0 spiro atoms. The molecule has 1 saturated carbocycles. The molecule has 2 unspecified atom stereocenters. The van der Waals surface area contributed by atoms with Gasteiger partial charge in [0, 0.05) is 19.9 Å². The summed E-state index contributed by atoms with van der Waals surface area (Å²) in [5.74, 6) is 1.50. The molecular formula is C13H21BrN4O. The van der Waals surface area contributed by atoms with Gasteiger partial charge in [0.2, 0.25) is 5.95 Å². The van der Waals surface area contributed by atoms with Crippen molar-refractivity contribution in [1.82, 2.24) is 9.97 Å². The fourth-order valence-corrected chi connectivity index (χ4v) is 2.64. The molecule has 1 heterocycles. The summed E-state index contributed by atoms with van der Waals surface area (Å²) in [4.78, 5) is 8.76. The van der Waals surface area contributed by atoms with Crippen molar-refractivity contribution in [2.24, 2.45) is 0 Å². The molecule has 1 aromatic rings. The van der Waals surface area contributed by atoms with E-state index in [0.717, 1.165) is 36.1 Å². The summed E-state index contributed by atoms with van der Waals surface area (Å²) >= 11 is 3.49. The van der Waals surface area contributed by atoms with Crippen LogP contribution in [0.2, 0.25) is 0 Å². The third-order valence-electron chi connectivity index (χ3n) is 3.35. The first-order valence-electron chi connectivity index (χ1n) is 6.80. The van der Waals surface area contributed by atoms with Crippen molar-refractivity contribution in [2.75, 3.05) is 24.3 Å². The number of aromatic nitrogens is 2. The van der Waals surface area contributed by atoms with E-state index in [0.29, 0.717) is 12.0 Å². The number of anilines is 2. The van der Waals surface area contributed by atoms with Gasteiger partial charge in [-0.15, -0.1) is 0 Å². The zero-order valence-corrected chi connectivity index (χ0v) is 13.0. The summed E-state index contributed by atoms with van der Waals surface area (Å²) in [5.41, 5.74) is 0. The highest BCUT2D eigenvalue weighted by Crippen LogP contribution is 2.28. The molecule has 0 aliphatic heterocycles. The van der Waals surface area contributed by atoms with Crippen LogP contribution >= 0.6 is 15.9 Å². The predicted octanol–water partition coefficient (Wildman–Crippen LogP) is 3.04. The number of methoxy groups -OCH3 is 1. The van der Waals surface area contributed by atoms with Crippen LogP contribution in [0.3, 0.4) is 0 Å². The smallest absolute Gasteiger partial charge is 0.224 e. The van der Waals surface area contributed by atoms with Gasteiger partial charge in [0.05, 0.1) is 16.6 Å². The summed E-state index contributed by atoms with van der Waals surface area (Å²) in [5, 5.41) is 6.66. The highest BCUT2D eigenvalue weighted by molar-refractivity contribution is 9.10. The van der Waals surface area contributed by atoms with Gasteiger partial charge in [-0.1, -0.05) is 6.92 Å². The molecule has 19 heavy (non-hydrogen) atoms. The molecular weight excluding hydrogens is 308 g/mol. The second-order valence-electron chi connectivity index (χ2n) is 4.77. The first-order chi connectivity index (χ1) is 9.24. The average molecular weight is 329 g/mol. The molecule has 1 aromatic heterocycles. The molecule has 0 saturated heterocycles. The number of hydrogen-bond acceptors (Lipinski definition) is 5. The minimum absolute atomic E-state index is 0.272. The van der Waals surface area contributed by atoms with E-state index in [-0.39, 0.29) is 6.10 Å². The second kappa shape index (κ2) is 7.05. The topological polar surface area (TPSA) is 59.1 Å². The predicted molar refractivity (Wildman–Crippen MR) is 80.6 cm³/mol. The maximum absolute atomic E-state index is 5.49. The Bertz CT molecular complexity index is 416. The lowest BCUT2D eigenvalue weighted by molar-refractivity contribution is 0.101. The molecule has 6 heteroatoms. The lowest BCUT2D eigenvalue weighted by atomic mass is 10.2. The molecule has 0 bridgehead atoms. The number of ether oxygens (including phenoxy) is 1. The SMILES string of the molecule is CCCNc1ncc(Br)c(NC2CCCC2OC)n1. The van der Waals surface area contributed by atoms with Gasteiger partial charge >= 0.3 is 0 Å². The van der Waals surface area contributed by atoms with E-state index in [1.807, 2.05) is 0 Å². The average Bonchev–Trinajstić information content (AvgIpc) is 2.87. The highest BCUT2D eigenvalue weighted by atomic mass is 79.9. The fraction of sp³-hybridized carbons (Fsp3) is 0.692. The third-order valence-corrected chi connectivity index (χ3v) is 3.93. The van der Waals surface area contributed by atoms with Crippen molar-refractivity contribution >= 4 is 27.7 Å². The lowest BCUT2D eigenvalue weighted by Crippen LogP contribution is -2.30. The van der Waals surface area contributed by atoms with Crippen LogP contribution in [0, 0.1) is 0 Å². The van der Waals surface area contributed by atoms with E-state index >= 15 is 0 Å². The van der Waals surface area contributed by atoms with Crippen LogP contribution in [0.25, 0.3) is 0 Å². The summed E-state index contributed by atoms with van der Waals surface area (Å²) in [6.45, 7) is 3.00. The summed E-state index contributed by atoms with van der Waals surface area (Å²) < 4.78 is 6.38. The Balaban J connectivity index is 2.05. The monoisotopic (exact) mass is 328 g/mol. The van der Waals surface area contributed by atoms with E-state index < -0.39 is 0 Å². The largest absolute Gasteiger partial charge is 0.379 e. The Hall–Kier alpha value is -0.880. The van der Waals surface area contributed by atoms with Crippen molar-refractivity contribution in [3.8, 4) is 0 Å². The van der Waals surface area contributed by atoms with E-state index in [1.165, 1.54) is 6.42 Å². The quantitative estimate of drug-likeness (QED) is 0.840. The van der Waals surface area contributed by atoms with E-state index in [2.05, 4.69) is 43.5 Å². The van der Waals surface area contributed by atoms with E-state index in [4.69, 9.17) is 4.74 Å². The highest BCUT2D eigenvalue weighted by Gasteiger charge is 2.27. The van der Waals surface area contributed by atoms with Gasteiger partial charge in [-0.05, 0) is 41.6 Å². The minimum atomic E-state index is 0.272. The molecule has 5 nitrogen and oxygen atoms in total. The van der Waals surface area contributed by atoms with E-state index in [1.54, 1.807) is 13.3 Å². The Morgan fingerprint density at radius 3 is 3.05 bits per heavy atom. The number of halogens is 1. The maximum Gasteiger partial charge on any atom is 0.224 e. The van der Waals surface area contributed by atoms with Crippen LogP contribution in [0.15, 0.2) is 10.7 Å². The normalized spacial score (nSPS) is 22.5. The van der Waals surface area contributed by atoms with Crippen LogP contribution in [-0.2, 0) is 4.74 Å². The second-order valence-corrected chi connectivity index (χ2v) is 5.63. The minimum Gasteiger partial charge on any atom is -0.379 e. The molecule has 2 rings (SSSR count). The van der Waals surface area contributed by atoms with Gasteiger partial charge in [0.15, 0.2) is 0 Å². The first-order valence-corrected chi connectivity index (χ1v) is 7.59. The molecule has 1 fully saturated rings.